The molecular formula is C12H18N3O+. The van der Waals surface area contributed by atoms with Crippen LogP contribution in [0.2, 0.25) is 0 Å². The van der Waals surface area contributed by atoms with Gasteiger partial charge in [-0.15, -0.1) is 0 Å². The fourth-order valence-electron chi connectivity index (χ4n) is 1.70. The molecule has 2 N–H and O–H groups in total. The Kier molecular flexibility index (Phi) is 3.41. The van der Waals surface area contributed by atoms with Gasteiger partial charge in [0.1, 0.15) is 5.75 Å². The van der Waals surface area contributed by atoms with Gasteiger partial charge in [0.15, 0.2) is 0 Å². The number of rotatable bonds is 2. The van der Waals surface area contributed by atoms with Gasteiger partial charge in [0.2, 0.25) is 0 Å². The molecule has 1 fully saturated rings. The van der Waals surface area contributed by atoms with E-state index in [-0.39, 0.29) is 0 Å². The largest absolute Gasteiger partial charge is 0.508 e. The minimum Gasteiger partial charge on any atom is -0.508 e. The zero-order chi connectivity index (χ0) is 11.4. The predicted octanol–water partition coefficient (Wildman–Crippen LogP) is -0.444. The van der Waals surface area contributed by atoms with Crippen LogP contribution in [0.5, 0.6) is 5.75 Å². The van der Waals surface area contributed by atoms with Gasteiger partial charge in [-0.2, -0.15) is 5.10 Å². The van der Waals surface area contributed by atoms with Crippen LogP contribution in [-0.4, -0.2) is 49.6 Å². The number of nitrogens with zero attached hydrogens (tertiary/aromatic N) is 2. The topological polar surface area (TPSA) is 40.3 Å². The van der Waals surface area contributed by atoms with Crippen molar-refractivity contribution < 1.29 is 10.0 Å². The molecule has 86 valence electrons. The molecule has 1 saturated heterocycles. The zero-order valence-electron chi connectivity index (χ0n) is 9.56. The standard InChI is InChI=1S/C12H17N3O/c1-14-6-8-15(9-7-14)13-10-11-2-4-12(16)5-3-11/h2-5,10,16H,6-9H2,1H3/p+1/b13-10+. The summed E-state index contributed by atoms with van der Waals surface area (Å²) in [5.41, 5.74) is 1.02. The summed E-state index contributed by atoms with van der Waals surface area (Å²) in [6, 6.07) is 7.07. The van der Waals surface area contributed by atoms with Gasteiger partial charge in [-0.05, 0) is 29.8 Å². The summed E-state index contributed by atoms with van der Waals surface area (Å²) in [6.45, 7) is 4.32. The van der Waals surface area contributed by atoms with Crippen molar-refractivity contribution in [3.8, 4) is 5.75 Å². The van der Waals surface area contributed by atoms with Crippen LogP contribution in [0, 0.1) is 0 Å². The van der Waals surface area contributed by atoms with Crippen LogP contribution in [0.15, 0.2) is 29.4 Å². The monoisotopic (exact) mass is 220 g/mol. The Morgan fingerprint density at radius 2 is 1.88 bits per heavy atom. The number of phenols is 1. The fraction of sp³-hybridized carbons (Fsp3) is 0.417. The first-order valence-corrected chi connectivity index (χ1v) is 5.63. The Morgan fingerprint density at radius 1 is 1.25 bits per heavy atom. The minimum atomic E-state index is 0.292. The lowest BCUT2D eigenvalue weighted by atomic mass is 10.2. The van der Waals surface area contributed by atoms with Crippen molar-refractivity contribution in [2.24, 2.45) is 5.10 Å². The van der Waals surface area contributed by atoms with Crippen LogP contribution in [0.25, 0.3) is 0 Å². The third-order valence-electron chi connectivity index (χ3n) is 2.86. The Labute approximate surface area is 95.8 Å². The van der Waals surface area contributed by atoms with E-state index in [4.69, 9.17) is 5.11 Å². The third kappa shape index (κ3) is 2.97. The van der Waals surface area contributed by atoms with Crippen molar-refractivity contribution in [2.45, 2.75) is 0 Å². The molecule has 4 heteroatoms. The van der Waals surface area contributed by atoms with Gasteiger partial charge in [-0.3, -0.25) is 5.01 Å². The van der Waals surface area contributed by atoms with Crippen molar-refractivity contribution in [3.63, 3.8) is 0 Å². The summed E-state index contributed by atoms with van der Waals surface area (Å²) < 4.78 is 0. The average Bonchev–Trinajstić information content (AvgIpc) is 2.30. The van der Waals surface area contributed by atoms with Crippen LogP contribution >= 0.6 is 0 Å². The molecule has 16 heavy (non-hydrogen) atoms. The van der Waals surface area contributed by atoms with Gasteiger partial charge < -0.3 is 10.0 Å². The van der Waals surface area contributed by atoms with Crippen molar-refractivity contribution in [1.29, 1.82) is 0 Å². The van der Waals surface area contributed by atoms with E-state index in [1.165, 1.54) is 0 Å². The fourth-order valence-corrected chi connectivity index (χ4v) is 1.70. The quantitative estimate of drug-likeness (QED) is 0.663. The second-order valence-electron chi connectivity index (χ2n) is 4.25. The highest BCUT2D eigenvalue weighted by molar-refractivity contribution is 5.79. The summed E-state index contributed by atoms with van der Waals surface area (Å²) in [7, 11) is 2.21. The van der Waals surface area contributed by atoms with Crippen molar-refractivity contribution in [1.82, 2.24) is 5.01 Å². The molecule has 1 aliphatic heterocycles. The highest BCUT2D eigenvalue weighted by Gasteiger charge is 2.13. The molecule has 0 spiro atoms. The molecule has 0 aliphatic carbocycles. The SMILES string of the molecule is C[NH+]1CCN(/N=C/c2ccc(O)cc2)CC1. The first-order valence-electron chi connectivity index (χ1n) is 5.63. The molecule has 1 heterocycles. The molecule has 0 bridgehead atoms. The van der Waals surface area contributed by atoms with E-state index in [1.807, 2.05) is 18.3 Å². The molecule has 1 aliphatic rings. The molecule has 1 aromatic carbocycles. The number of nitrogens with one attached hydrogen (secondary N) is 1. The lowest BCUT2D eigenvalue weighted by Gasteiger charge is -2.27. The number of aromatic hydroxyl groups is 1. The van der Waals surface area contributed by atoms with Gasteiger partial charge in [0.25, 0.3) is 0 Å². The Balaban J connectivity index is 1.91. The first-order chi connectivity index (χ1) is 7.74. The Bertz CT molecular complexity index is 353. The van der Waals surface area contributed by atoms with Crippen LogP contribution < -0.4 is 4.90 Å². The maximum absolute atomic E-state index is 9.15. The van der Waals surface area contributed by atoms with Gasteiger partial charge in [0.05, 0.1) is 39.4 Å². The summed E-state index contributed by atoms with van der Waals surface area (Å²) in [5.74, 6) is 0.292. The Hall–Kier alpha value is -1.55. The number of benzene rings is 1. The van der Waals surface area contributed by atoms with E-state index in [9.17, 15) is 0 Å². The normalized spacial score (nSPS) is 18.2. The van der Waals surface area contributed by atoms with Crippen LogP contribution in [0.1, 0.15) is 5.56 Å². The van der Waals surface area contributed by atoms with Crippen LogP contribution in [0.4, 0.5) is 0 Å². The molecular weight excluding hydrogens is 202 g/mol. The van der Waals surface area contributed by atoms with E-state index in [2.05, 4.69) is 17.2 Å². The number of phenolic OH excluding ortho intramolecular Hbond substituents is 1. The van der Waals surface area contributed by atoms with E-state index in [0.717, 1.165) is 31.7 Å². The minimum absolute atomic E-state index is 0.292. The van der Waals surface area contributed by atoms with Crippen molar-refractivity contribution in [3.05, 3.63) is 29.8 Å². The number of piperazine rings is 1. The summed E-state index contributed by atoms with van der Waals surface area (Å²) in [5, 5.41) is 15.7. The van der Waals surface area contributed by atoms with E-state index >= 15 is 0 Å². The maximum atomic E-state index is 9.15. The van der Waals surface area contributed by atoms with Crippen molar-refractivity contribution in [2.75, 3.05) is 33.2 Å². The predicted molar refractivity (Wildman–Crippen MR) is 63.9 cm³/mol. The summed E-state index contributed by atoms with van der Waals surface area (Å²) in [4.78, 5) is 1.57. The summed E-state index contributed by atoms with van der Waals surface area (Å²) >= 11 is 0. The van der Waals surface area contributed by atoms with Crippen LogP contribution in [0.3, 0.4) is 0 Å². The van der Waals surface area contributed by atoms with Gasteiger partial charge >= 0.3 is 0 Å². The van der Waals surface area contributed by atoms with Gasteiger partial charge in [0, 0.05) is 0 Å². The molecule has 1 aromatic rings. The lowest BCUT2D eigenvalue weighted by molar-refractivity contribution is -0.884. The highest BCUT2D eigenvalue weighted by atomic mass is 16.3. The molecule has 0 unspecified atom stereocenters. The van der Waals surface area contributed by atoms with Gasteiger partial charge in [-0.1, -0.05) is 0 Å². The van der Waals surface area contributed by atoms with E-state index in [1.54, 1.807) is 17.0 Å². The van der Waals surface area contributed by atoms with E-state index < -0.39 is 0 Å². The number of hydrogen-bond acceptors (Lipinski definition) is 3. The second-order valence-corrected chi connectivity index (χ2v) is 4.25. The number of likely N-dealkylation sites (N-methyl/N-ethyl adjacent to an activating group) is 1. The molecule has 0 saturated carbocycles. The Morgan fingerprint density at radius 3 is 2.50 bits per heavy atom. The average molecular weight is 220 g/mol. The molecule has 4 nitrogen and oxygen atoms in total. The number of hydrogen-bond donors (Lipinski definition) is 2. The smallest absolute Gasteiger partial charge is 0.115 e. The molecule has 0 atom stereocenters. The molecule has 0 aromatic heterocycles. The van der Waals surface area contributed by atoms with Crippen molar-refractivity contribution >= 4 is 6.21 Å². The highest BCUT2D eigenvalue weighted by Crippen LogP contribution is 2.07. The number of quaternary nitrogens is 1. The molecule has 2 rings (SSSR count). The van der Waals surface area contributed by atoms with Gasteiger partial charge in [-0.25, -0.2) is 0 Å². The first kappa shape index (κ1) is 11.0. The number of hydrazone groups is 1. The molecule has 0 amide bonds. The summed E-state index contributed by atoms with van der Waals surface area (Å²) in [6.07, 6.45) is 1.85. The lowest BCUT2D eigenvalue weighted by Crippen LogP contribution is -3.11. The zero-order valence-corrected chi connectivity index (χ0v) is 9.56. The van der Waals surface area contributed by atoms with E-state index in [0.29, 0.717) is 5.75 Å². The second kappa shape index (κ2) is 4.99. The maximum Gasteiger partial charge on any atom is 0.115 e. The molecule has 0 radical (unpaired) electrons. The third-order valence-corrected chi connectivity index (χ3v) is 2.86. The van der Waals surface area contributed by atoms with Crippen LogP contribution in [-0.2, 0) is 0 Å².